The van der Waals surface area contributed by atoms with Crippen molar-refractivity contribution in [1.82, 2.24) is 0 Å². The molecule has 224 valence electrons. The summed E-state index contributed by atoms with van der Waals surface area (Å²) >= 11 is 0. The zero-order valence-corrected chi connectivity index (χ0v) is 22.6. The van der Waals surface area contributed by atoms with Gasteiger partial charge < -0.3 is 15.4 Å². The second-order valence-electron chi connectivity index (χ2n) is 9.55. The van der Waals surface area contributed by atoms with Crippen LogP contribution in [0.15, 0.2) is 71.9 Å². The number of benzene rings is 3. The Balaban J connectivity index is 1.96. The molecule has 0 radical (unpaired) electrons. The Morgan fingerprint density at radius 3 is 1.90 bits per heavy atom. The molecule has 0 aliphatic heterocycles. The Morgan fingerprint density at radius 2 is 1.38 bits per heavy atom. The number of hydrogen-bond donors (Lipinski definition) is 2. The highest BCUT2D eigenvalue weighted by atomic mass is 19.4. The second kappa shape index (κ2) is 12.2. The van der Waals surface area contributed by atoms with Gasteiger partial charge in [0.25, 0.3) is 11.8 Å². The van der Waals surface area contributed by atoms with Gasteiger partial charge in [-0.1, -0.05) is 41.6 Å². The lowest BCUT2D eigenvalue weighted by molar-refractivity contribution is -0.348. The average molecular weight is 598 g/mol. The minimum atomic E-state index is -6.28. The van der Waals surface area contributed by atoms with Crippen LogP contribution in [0, 0.1) is 13.8 Å². The number of nitrogens with zero attached hydrogens (tertiary/aromatic N) is 2. The lowest BCUT2D eigenvalue weighted by Crippen LogP contribution is -2.50. The fourth-order valence-electron chi connectivity index (χ4n) is 4.26. The first kappa shape index (κ1) is 32.1. The van der Waals surface area contributed by atoms with Gasteiger partial charge in [0.1, 0.15) is 0 Å². The van der Waals surface area contributed by atoms with Crippen LogP contribution in [-0.4, -0.2) is 41.6 Å². The number of oxime groups is 1. The van der Waals surface area contributed by atoms with Crippen LogP contribution in [0.4, 0.5) is 42.1 Å². The molecule has 0 aromatic heterocycles. The molecule has 0 bridgehead atoms. The van der Waals surface area contributed by atoms with Crippen molar-refractivity contribution in [3.8, 4) is 0 Å². The van der Waals surface area contributed by atoms with Gasteiger partial charge in [0.05, 0.1) is 5.71 Å². The average Bonchev–Trinajstić information content (AvgIpc) is 2.93. The van der Waals surface area contributed by atoms with E-state index in [2.05, 4.69) is 10.5 Å². The molecule has 3 aromatic carbocycles. The molecule has 0 unspecified atom stereocenters. The number of anilines is 2. The number of amides is 2. The Morgan fingerprint density at radius 1 is 0.833 bits per heavy atom. The summed E-state index contributed by atoms with van der Waals surface area (Å²) in [6.45, 7) is 3.92. The molecule has 2 amide bonds. The number of carbonyl (C=O) groups is 2. The number of hydrogen-bond acceptors (Lipinski definition) is 4. The van der Waals surface area contributed by atoms with Crippen molar-refractivity contribution in [2.45, 2.75) is 45.2 Å². The van der Waals surface area contributed by atoms with Crippen LogP contribution in [0.2, 0.25) is 0 Å². The lowest BCUT2D eigenvalue weighted by Gasteiger charge is -2.31. The van der Waals surface area contributed by atoms with Gasteiger partial charge in [0, 0.05) is 41.0 Å². The molecule has 2 N–H and O–H groups in total. The van der Waals surface area contributed by atoms with Crippen LogP contribution in [0.1, 0.15) is 50.8 Å². The topological polar surface area (TPSA) is 82.0 Å². The van der Waals surface area contributed by atoms with Crippen molar-refractivity contribution in [3.05, 3.63) is 94.5 Å². The number of halogens is 7. The zero-order chi connectivity index (χ0) is 31.5. The first-order valence-electron chi connectivity index (χ1n) is 12.4. The van der Waals surface area contributed by atoms with Crippen LogP contribution in [0.5, 0.6) is 0 Å². The first-order valence-corrected chi connectivity index (χ1v) is 12.4. The van der Waals surface area contributed by atoms with E-state index in [1.54, 1.807) is 43.3 Å². The molecule has 0 saturated heterocycles. The minimum Gasteiger partial charge on any atom is -0.411 e. The molecular formula is C29H26F7N3O3. The SMILES string of the molecule is CC(CCN(C(=O)c1ccccc1)c1cccc(C(=O)Nc2c(C)cc(C(F)(C(F)(F)F)C(F)(F)F)cc2C)c1)=NO. The van der Waals surface area contributed by atoms with Gasteiger partial charge in [-0.2, -0.15) is 26.3 Å². The molecule has 42 heavy (non-hydrogen) atoms. The fraction of sp³-hybridized carbons (Fsp3) is 0.276. The van der Waals surface area contributed by atoms with E-state index in [1.807, 2.05) is 0 Å². The summed E-state index contributed by atoms with van der Waals surface area (Å²) in [6.07, 6.45) is -12.4. The van der Waals surface area contributed by atoms with E-state index in [1.165, 1.54) is 23.1 Å². The maximum atomic E-state index is 14.6. The van der Waals surface area contributed by atoms with E-state index in [4.69, 9.17) is 5.21 Å². The molecule has 0 heterocycles. The van der Waals surface area contributed by atoms with Gasteiger partial charge in [-0.3, -0.25) is 9.59 Å². The Labute approximate surface area is 236 Å². The fourth-order valence-corrected chi connectivity index (χ4v) is 4.26. The quantitative estimate of drug-likeness (QED) is 0.121. The molecular weight excluding hydrogens is 571 g/mol. The van der Waals surface area contributed by atoms with E-state index >= 15 is 0 Å². The first-order chi connectivity index (χ1) is 19.5. The molecule has 3 aromatic rings. The van der Waals surface area contributed by atoms with Crippen molar-refractivity contribution in [3.63, 3.8) is 0 Å². The second-order valence-corrected chi connectivity index (χ2v) is 9.55. The molecule has 0 aliphatic rings. The van der Waals surface area contributed by atoms with Gasteiger partial charge in [-0.25, -0.2) is 4.39 Å². The lowest BCUT2D eigenvalue weighted by atomic mass is 9.90. The van der Waals surface area contributed by atoms with Crippen LogP contribution >= 0.6 is 0 Å². The summed E-state index contributed by atoms with van der Waals surface area (Å²) in [7, 11) is 0. The summed E-state index contributed by atoms with van der Waals surface area (Å²) in [4.78, 5) is 27.8. The van der Waals surface area contributed by atoms with Crippen molar-refractivity contribution in [2.24, 2.45) is 5.16 Å². The van der Waals surface area contributed by atoms with Crippen molar-refractivity contribution in [2.75, 3.05) is 16.8 Å². The molecule has 0 aliphatic carbocycles. The molecule has 13 heteroatoms. The standard InChI is InChI=1S/C29H26F7N3O3/c1-17-14-22(27(30,28(31,32)33)29(34,35)36)15-18(2)24(17)37-25(40)21-10-7-11-23(16-21)39(13-12-19(3)38-42)26(41)20-8-5-4-6-9-20/h4-11,14-16,42H,12-13H2,1-3H3,(H,37,40). The minimum absolute atomic E-state index is 0.0132. The van der Waals surface area contributed by atoms with E-state index < -0.39 is 35.4 Å². The molecule has 0 fully saturated rings. The molecule has 0 saturated carbocycles. The predicted octanol–water partition coefficient (Wildman–Crippen LogP) is 7.73. The number of carbonyl (C=O) groups excluding carboxylic acids is 2. The van der Waals surface area contributed by atoms with Crippen LogP contribution in [-0.2, 0) is 5.67 Å². The maximum absolute atomic E-state index is 14.6. The third-order valence-electron chi connectivity index (χ3n) is 6.50. The predicted molar refractivity (Wildman–Crippen MR) is 143 cm³/mol. The molecule has 3 rings (SSSR count). The van der Waals surface area contributed by atoms with Gasteiger partial charge in [0.15, 0.2) is 0 Å². The van der Waals surface area contributed by atoms with Crippen molar-refractivity contribution in [1.29, 1.82) is 0 Å². The Kier molecular flexibility index (Phi) is 9.33. The summed E-state index contributed by atoms with van der Waals surface area (Å²) in [5, 5.41) is 14.6. The van der Waals surface area contributed by atoms with Crippen LogP contribution < -0.4 is 10.2 Å². The highest BCUT2D eigenvalue weighted by molar-refractivity contribution is 6.09. The van der Waals surface area contributed by atoms with Crippen molar-refractivity contribution < 1.29 is 45.5 Å². The maximum Gasteiger partial charge on any atom is 0.435 e. The van der Waals surface area contributed by atoms with E-state index in [-0.39, 0.29) is 35.3 Å². The third kappa shape index (κ3) is 6.55. The number of rotatable bonds is 8. The van der Waals surface area contributed by atoms with Gasteiger partial charge in [0.2, 0.25) is 0 Å². The number of aryl methyl sites for hydroxylation is 2. The van der Waals surface area contributed by atoms with E-state index in [0.717, 1.165) is 13.8 Å². The number of nitrogens with one attached hydrogen (secondary N) is 1. The zero-order valence-electron chi connectivity index (χ0n) is 22.6. The molecule has 0 spiro atoms. The summed E-state index contributed by atoms with van der Waals surface area (Å²) in [5.41, 5.74) is -6.84. The van der Waals surface area contributed by atoms with Gasteiger partial charge in [-0.05, 0) is 62.2 Å². The van der Waals surface area contributed by atoms with Crippen LogP contribution in [0.25, 0.3) is 0 Å². The smallest absolute Gasteiger partial charge is 0.411 e. The van der Waals surface area contributed by atoms with E-state index in [0.29, 0.717) is 29.1 Å². The summed E-state index contributed by atoms with van der Waals surface area (Å²) in [6, 6.07) is 14.9. The molecule has 0 atom stereocenters. The number of alkyl halides is 7. The highest BCUT2D eigenvalue weighted by Gasteiger charge is 2.73. The highest BCUT2D eigenvalue weighted by Crippen LogP contribution is 2.53. The Hall–Kier alpha value is -4.42. The summed E-state index contributed by atoms with van der Waals surface area (Å²) < 4.78 is 94.2. The third-order valence-corrected chi connectivity index (χ3v) is 6.50. The normalized spacial score (nSPS) is 12.7. The van der Waals surface area contributed by atoms with E-state index in [9.17, 15) is 40.3 Å². The molecule has 6 nitrogen and oxygen atoms in total. The van der Waals surface area contributed by atoms with Crippen LogP contribution in [0.3, 0.4) is 0 Å². The van der Waals surface area contributed by atoms with Gasteiger partial charge in [-0.15, -0.1) is 0 Å². The summed E-state index contributed by atoms with van der Waals surface area (Å²) in [5.74, 6) is -1.20. The monoisotopic (exact) mass is 597 g/mol. The van der Waals surface area contributed by atoms with Gasteiger partial charge >= 0.3 is 18.0 Å². The largest absolute Gasteiger partial charge is 0.435 e. The van der Waals surface area contributed by atoms with Crippen molar-refractivity contribution >= 4 is 28.9 Å². The Bertz CT molecular complexity index is 1450.